The van der Waals surface area contributed by atoms with Crippen LogP contribution < -0.4 is 5.32 Å². The Hall–Kier alpha value is -1.52. The molecule has 0 saturated carbocycles. The van der Waals surface area contributed by atoms with Crippen molar-refractivity contribution in [3.05, 3.63) is 34.9 Å². The highest BCUT2D eigenvalue weighted by Crippen LogP contribution is 2.33. The van der Waals surface area contributed by atoms with Crippen LogP contribution in [0, 0.1) is 6.92 Å². The molecule has 1 unspecified atom stereocenters. The maximum atomic E-state index is 12.5. The van der Waals surface area contributed by atoms with Gasteiger partial charge in [0.15, 0.2) is 0 Å². The Morgan fingerprint density at radius 2 is 2.06 bits per heavy atom. The maximum absolute atomic E-state index is 12.5. The highest BCUT2D eigenvalue weighted by atomic mass is 19.4. The van der Waals surface area contributed by atoms with E-state index in [1.54, 1.807) is 6.92 Å². The highest BCUT2D eigenvalue weighted by molar-refractivity contribution is 5.79. The number of hydrogen-bond acceptors (Lipinski definition) is 1. The number of halogens is 3. The Morgan fingerprint density at radius 1 is 1.35 bits per heavy atom. The first kappa shape index (κ1) is 12.0. The van der Waals surface area contributed by atoms with Crippen LogP contribution in [0.4, 0.5) is 13.2 Å². The number of benzene rings is 1. The van der Waals surface area contributed by atoms with Crippen LogP contribution in [0.3, 0.4) is 0 Å². The molecule has 1 fully saturated rings. The van der Waals surface area contributed by atoms with E-state index in [2.05, 4.69) is 5.32 Å². The van der Waals surface area contributed by atoms with E-state index in [1.165, 1.54) is 6.07 Å². The number of alkyl halides is 3. The number of carbonyl (C=O) groups excluding carboxylic acids is 1. The molecule has 17 heavy (non-hydrogen) atoms. The fourth-order valence-corrected chi connectivity index (χ4v) is 2.14. The van der Waals surface area contributed by atoms with E-state index < -0.39 is 11.7 Å². The molecule has 92 valence electrons. The number of nitrogens with one attached hydrogen (secondary N) is 1. The molecule has 1 heterocycles. The van der Waals surface area contributed by atoms with Crippen LogP contribution in [-0.4, -0.2) is 12.5 Å². The summed E-state index contributed by atoms with van der Waals surface area (Å²) in [5.74, 6) is -0.0564. The molecule has 1 aliphatic rings. The van der Waals surface area contributed by atoms with Gasteiger partial charge >= 0.3 is 6.18 Å². The standard InChI is InChI=1S/C12H12F3NO/c1-7-4-9(12(13,14)15)2-3-10(7)8-5-11(17)16-6-8/h2-4,8H,5-6H2,1H3,(H,16,17). The van der Waals surface area contributed by atoms with E-state index in [4.69, 9.17) is 0 Å². The van der Waals surface area contributed by atoms with Gasteiger partial charge in [0.05, 0.1) is 5.56 Å². The van der Waals surface area contributed by atoms with Gasteiger partial charge in [0, 0.05) is 18.9 Å². The van der Waals surface area contributed by atoms with Crippen LogP contribution in [-0.2, 0) is 11.0 Å². The van der Waals surface area contributed by atoms with Crippen molar-refractivity contribution < 1.29 is 18.0 Å². The van der Waals surface area contributed by atoms with Gasteiger partial charge in [-0.25, -0.2) is 0 Å². The summed E-state index contributed by atoms with van der Waals surface area (Å²) in [5.41, 5.74) is 0.758. The van der Waals surface area contributed by atoms with Gasteiger partial charge < -0.3 is 5.32 Å². The number of rotatable bonds is 1. The summed E-state index contributed by atoms with van der Waals surface area (Å²) in [4.78, 5) is 11.1. The molecule has 0 bridgehead atoms. The third-order valence-electron chi connectivity index (χ3n) is 3.01. The largest absolute Gasteiger partial charge is 0.416 e. The van der Waals surface area contributed by atoms with Gasteiger partial charge in [0.25, 0.3) is 0 Å². The van der Waals surface area contributed by atoms with Crippen molar-refractivity contribution in [2.24, 2.45) is 0 Å². The van der Waals surface area contributed by atoms with Crippen molar-refractivity contribution in [3.63, 3.8) is 0 Å². The summed E-state index contributed by atoms with van der Waals surface area (Å²) in [5, 5.41) is 2.68. The molecular weight excluding hydrogens is 231 g/mol. The summed E-state index contributed by atoms with van der Waals surface area (Å²) in [6, 6.07) is 3.69. The van der Waals surface area contributed by atoms with E-state index in [1.807, 2.05) is 0 Å². The van der Waals surface area contributed by atoms with E-state index >= 15 is 0 Å². The normalized spacial score (nSPS) is 20.5. The number of carbonyl (C=O) groups is 1. The second-order valence-corrected chi connectivity index (χ2v) is 4.27. The highest BCUT2D eigenvalue weighted by Gasteiger charge is 2.31. The van der Waals surface area contributed by atoms with Crippen LogP contribution >= 0.6 is 0 Å². The summed E-state index contributed by atoms with van der Waals surface area (Å²) >= 11 is 0. The lowest BCUT2D eigenvalue weighted by molar-refractivity contribution is -0.137. The van der Waals surface area contributed by atoms with E-state index in [-0.39, 0.29) is 11.8 Å². The molecule has 0 spiro atoms. The van der Waals surface area contributed by atoms with E-state index in [0.717, 1.165) is 17.7 Å². The minimum atomic E-state index is -4.31. The minimum absolute atomic E-state index is 0.00946. The first-order chi connectivity index (χ1) is 7.88. The monoisotopic (exact) mass is 243 g/mol. The summed E-state index contributed by atoms with van der Waals surface area (Å²) in [6.07, 6.45) is -3.96. The maximum Gasteiger partial charge on any atom is 0.416 e. The fraction of sp³-hybridized carbons (Fsp3) is 0.417. The zero-order valence-corrected chi connectivity index (χ0v) is 9.27. The molecule has 2 nitrogen and oxygen atoms in total. The first-order valence-corrected chi connectivity index (χ1v) is 5.32. The van der Waals surface area contributed by atoms with Crippen molar-refractivity contribution in [3.8, 4) is 0 Å². The second-order valence-electron chi connectivity index (χ2n) is 4.27. The quantitative estimate of drug-likeness (QED) is 0.807. The van der Waals surface area contributed by atoms with Crippen LogP contribution in [0.5, 0.6) is 0 Å². The Kier molecular flexibility index (Phi) is 2.85. The Morgan fingerprint density at radius 3 is 2.53 bits per heavy atom. The van der Waals surface area contributed by atoms with Crippen LogP contribution in [0.25, 0.3) is 0 Å². The van der Waals surface area contributed by atoms with Gasteiger partial charge in [0.1, 0.15) is 0 Å². The van der Waals surface area contributed by atoms with Crippen LogP contribution in [0.2, 0.25) is 0 Å². The molecule has 1 aliphatic heterocycles. The molecule has 1 amide bonds. The zero-order chi connectivity index (χ0) is 12.6. The Balaban J connectivity index is 2.29. The van der Waals surface area contributed by atoms with Gasteiger partial charge in [-0.05, 0) is 30.2 Å². The smallest absolute Gasteiger partial charge is 0.355 e. The SMILES string of the molecule is Cc1cc(C(F)(F)F)ccc1C1CNC(=O)C1. The number of aryl methyl sites for hydroxylation is 1. The molecule has 0 aliphatic carbocycles. The molecule has 1 atom stereocenters. The predicted molar refractivity (Wildman–Crippen MR) is 56.5 cm³/mol. The van der Waals surface area contributed by atoms with Crippen molar-refractivity contribution in [1.82, 2.24) is 5.32 Å². The molecule has 5 heteroatoms. The lowest BCUT2D eigenvalue weighted by Crippen LogP contribution is -2.14. The van der Waals surface area contributed by atoms with E-state index in [0.29, 0.717) is 18.5 Å². The number of hydrogen-bond donors (Lipinski definition) is 1. The van der Waals surface area contributed by atoms with Crippen molar-refractivity contribution in [2.45, 2.75) is 25.4 Å². The third-order valence-corrected chi connectivity index (χ3v) is 3.01. The summed E-state index contributed by atoms with van der Waals surface area (Å²) in [7, 11) is 0. The average molecular weight is 243 g/mol. The van der Waals surface area contributed by atoms with Crippen molar-refractivity contribution in [2.75, 3.05) is 6.54 Å². The molecule has 1 aromatic rings. The predicted octanol–water partition coefficient (Wildman–Crippen LogP) is 2.62. The summed E-state index contributed by atoms with van der Waals surface area (Å²) in [6.45, 7) is 2.15. The van der Waals surface area contributed by atoms with Crippen LogP contribution in [0.1, 0.15) is 29.0 Å². The molecular formula is C12H12F3NO. The Bertz CT molecular complexity index is 454. The van der Waals surface area contributed by atoms with Gasteiger partial charge in [-0.15, -0.1) is 0 Å². The minimum Gasteiger partial charge on any atom is -0.355 e. The molecule has 1 saturated heterocycles. The molecule has 0 aromatic heterocycles. The molecule has 2 rings (SSSR count). The van der Waals surface area contributed by atoms with Crippen molar-refractivity contribution in [1.29, 1.82) is 0 Å². The van der Waals surface area contributed by atoms with Gasteiger partial charge in [-0.2, -0.15) is 13.2 Å². The average Bonchev–Trinajstić information content (AvgIpc) is 2.63. The van der Waals surface area contributed by atoms with Crippen molar-refractivity contribution >= 4 is 5.91 Å². The lowest BCUT2D eigenvalue weighted by atomic mass is 9.92. The molecule has 1 N–H and O–H groups in total. The fourth-order valence-electron chi connectivity index (χ4n) is 2.14. The van der Waals surface area contributed by atoms with E-state index in [9.17, 15) is 18.0 Å². The second kappa shape index (κ2) is 4.05. The van der Waals surface area contributed by atoms with Gasteiger partial charge in [-0.3, -0.25) is 4.79 Å². The zero-order valence-electron chi connectivity index (χ0n) is 9.27. The molecule has 0 radical (unpaired) electrons. The lowest BCUT2D eigenvalue weighted by Gasteiger charge is -2.14. The van der Waals surface area contributed by atoms with Gasteiger partial charge in [-0.1, -0.05) is 6.07 Å². The van der Waals surface area contributed by atoms with Gasteiger partial charge in [0.2, 0.25) is 5.91 Å². The first-order valence-electron chi connectivity index (χ1n) is 5.32. The number of amides is 1. The Labute approximate surface area is 96.8 Å². The molecule has 1 aromatic carbocycles. The van der Waals surface area contributed by atoms with Crippen LogP contribution in [0.15, 0.2) is 18.2 Å². The topological polar surface area (TPSA) is 29.1 Å². The summed E-state index contributed by atoms with van der Waals surface area (Å²) < 4.78 is 37.4. The third kappa shape index (κ3) is 2.43.